The summed E-state index contributed by atoms with van der Waals surface area (Å²) < 4.78 is 5.26. The lowest BCUT2D eigenvalue weighted by atomic mass is 9.63. The van der Waals surface area contributed by atoms with Crippen LogP contribution in [0.1, 0.15) is 27.1 Å². The highest BCUT2D eigenvalue weighted by molar-refractivity contribution is 6.24. The number of amides is 2. The van der Waals surface area contributed by atoms with Crippen LogP contribution in [0.5, 0.6) is 0 Å². The van der Waals surface area contributed by atoms with Gasteiger partial charge in [0.05, 0.1) is 23.1 Å². The average molecular weight is 427 g/mol. The molecule has 1 aliphatic heterocycles. The number of nitrogens with zero attached hydrogens (tertiary/aromatic N) is 1. The number of rotatable bonds is 5. The third-order valence-electron chi connectivity index (χ3n) is 7.46. The molecule has 6 atom stereocenters. The quantitative estimate of drug-likeness (QED) is 0.317. The lowest BCUT2D eigenvalue weighted by Gasteiger charge is -2.37. The van der Waals surface area contributed by atoms with Crippen molar-refractivity contribution in [3.05, 3.63) is 77.9 Å². The van der Waals surface area contributed by atoms with Gasteiger partial charge in [0.25, 0.3) is 0 Å². The van der Waals surface area contributed by atoms with E-state index in [2.05, 4.69) is 12.2 Å². The Labute approximate surface area is 184 Å². The summed E-state index contributed by atoms with van der Waals surface area (Å²) in [6.45, 7) is -0.415. The smallest absolute Gasteiger partial charge is 0.340 e. The van der Waals surface area contributed by atoms with Gasteiger partial charge in [-0.2, -0.15) is 0 Å². The molecule has 1 heterocycles. The summed E-state index contributed by atoms with van der Waals surface area (Å²) in [5.74, 6) is -0.968. The number of esters is 1. The van der Waals surface area contributed by atoms with E-state index in [-0.39, 0.29) is 52.5 Å². The predicted octanol–water partition coefficient (Wildman–Crippen LogP) is 3.28. The number of anilines is 1. The van der Waals surface area contributed by atoms with Gasteiger partial charge in [0.15, 0.2) is 12.4 Å². The number of para-hydroxylation sites is 1. The van der Waals surface area contributed by atoms with Crippen LogP contribution in [0.15, 0.2) is 66.7 Å². The van der Waals surface area contributed by atoms with Gasteiger partial charge in [-0.3, -0.25) is 14.4 Å². The molecule has 160 valence electrons. The van der Waals surface area contributed by atoms with Crippen LogP contribution in [0.3, 0.4) is 0 Å². The molecule has 6 nitrogen and oxygen atoms in total. The SMILES string of the molecule is O=C(COC(=O)c1ccccc1N1C(=O)[C@@H]2[C@@H]3C=C[C@H]([C@H]4C[C@H]34)[C@@H]2C1=O)c1ccccc1. The summed E-state index contributed by atoms with van der Waals surface area (Å²) in [5.41, 5.74) is 0.797. The standard InChI is InChI=1S/C26H21NO5/c28-21(14-6-2-1-3-7-14)13-32-26(31)17-8-4-5-9-20(17)27-24(29)22-15-10-11-16(19-12-18(15)19)23(22)25(27)30/h1-11,15-16,18-19,22-23H,12-13H2/t15-,16-,18-,19-,22-,23+/m1/s1. The molecule has 7 rings (SSSR count). The molecular formula is C26H21NO5. The summed E-state index contributed by atoms with van der Waals surface area (Å²) in [6, 6.07) is 15.0. The highest BCUT2D eigenvalue weighted by Crippen LogP contribution is 2.65. The van der Waals surface area contributed by atoms with Gasteiger partial charge in [-0.1, -0.05) is 54.6 Å². The van der Waals surface area contributed by atoms with Crippen LogP contribution in [-0.4, -0.2) is 30.2 Å². The number of benzene rings is 2. The van der Waals surface area contributed by atoms with E-state index in [1.54, 1.807) is 48.5 Å². The zero-order valence-electron chi connectivity index (χ0n) is 17.2. The maximum absolute atomic E-state index is 13.4. The van der Waals surface area contributed by atoms with E-state index in [9.17, 15) is 19.2 Å². The minimum atomic E-state index is -0.732. The molecule has 0 radical (unpaired) electrons. The molecule has 0 spiro atoms. The van der Waals surface area contributed by atoms with E-state index in [1.165, 1.54) is 11.0 Å². The molecule has 0 N–H and O–H groups in total. The lowest BCUT2D eigenvalue weighted by molar-refractivity contribution is -0.124. The highest BCUT2D eigenvalue weighted by Gasteiger charge is 2.67. The van der Waals surface area contributed by atoms with Gasteiger partial charge in [0.1, 0.15) is 0 Å². The molecule has 2 saturated carbocycles. The van der Waals surface area contributed by atoms with E-state index in [0.29, 0.717) is 17.4 Å². The number of carbonyl (C=O) groups excluding carboxylic acids is 4. The Kier molecular flexibility index (Phi) is 4.18. The molecular weight excluding hydrogens is 406 g/mol. The van der Waals surface area contributed by atoms with Crippen molar-refractivity contribution in [1.29, 1.82) is 0 Å². The number of carbonyl (C=O) groups is 4. The Hall–Kier alpha value is -3.54. The minimum Gasteiger partial charge on any atom is -0.454 e. The topological polar surface area (TPSA) is 80.8 Å². The molecule has 2 aromatic rings. The molecule has 2 amide bonds. The van der Waals surface area contributed by atoms with Gasteiger partial charge in [-0.15, -0.1) is 0 Å². The van der Waals surface area contributed by atoms with Crippen molar-refractivity contribution in [3.63, 3.8) is 0 Å². The number of imide groups is 1. The van der Waals surface area contributed by atoms with Gasteiger partial charge < -0.3 is 4.74 Å². The molecule has 32 heavy (non-hydrogen) atoms. The number of Topliss-reactive ketones (excluding diaryl/α,β-unsaturated/α-hetero) is 1. The third-order valence-corrected chi connectivity index (χ3v) is 7.46. The van der Waals surface area contributed by atoms with Crippen LogP contribution < -0.4 is 4.90 Å². The number of hydrogen-bond donors (Lipinski definition) is 0. The molecule has 3 fully saturated rings. The van der Waals surface area contributed by atoms with Crippen molar-refractivity contribution in [2.45, 2.75) is 6.42 Å². The predicted molar refractivity (Wildman–Crippen MR) is 115 cm³/mol. The van der Waals surface area contributed by atoms with Crippen LogP contribution in [0, 0.1) is 35.5 Å². The minimum absolute atomic E-state index is 0.110. The fourth-order valence-electron chi connectivity index (χ4n) is 5.95. The Balaban J connectivity index is 1.25. The summed E-state index contributed by atoms with van der Waals surface area (Å²) in [5, 5.41) is 0. The Morgan fingerprint density at radius 3 is 2.09 bits per heavy atom. The number of ether oxygens (including phenoxy) is 1. The van der Waals surface area contributed by atoms with Crippen LogP contribution >= 0.6 is 0 Å². The summed E-state index contributed by atoms with van der Waals surface area (Å²) in [7, 11) is 0. The van der Waals surface area contributed by atoms with Gasteiger partial charge in [-0.25, -0.2) is 9.69 Å². The van der Waals surface area contributed by atoms with E-state index >= 15 is 0 Å². The molecule has 2 aromatic carbocycles. The van der Waals surface area contributed by atoms with E-state index in [1.807, 2.05) is 0 Å². The number of allylic oxidation sites excluding steroid dienone is 2. The van der Waals surface area contributed by atoms with Crippen molar-refractivity contribution in [2.24, 2.45) is 35.5 Å². The van der Waals surface area contributed by atoms with E-state index in [4.69, 9.17) is 4.74 Å². The van der Waals surface area contributed by atoms with Crippen molar-refractivity contribution in [2.75, 3.05) is 11.5 Å². The summed E-state index contributed by atoms with van der Waals surface area (Å²) in [6.07, 6.45) is 5.32. The average Bonchev–Trinajstić information content (AvgIpc) is 3.61. The third kappa shape index (κ3) is 2.72. The highest BCUT2D eigenvalue weighted by atomic mass is 16.5. The van der Waals surface area contributed by atoms with Crippen molar-refractivity contribution >= 4 is 29.3 Å². The zero-order chi connectivity index (χ0) is 22.0. The van der Waals surface area contributed by atoms with Crippen molar-refractivity contribution < 1.29 is 23.9 Å². The molecule has 4 aliphatic carbocycles. The maximum atomic E-state index is 13.4. The largest absolute Gasteiger partial charge is 0.454 e. The molecule has 6 heteroatoms. The number of hydrogen-bond acceptors (Lipinski definition) is 5. The normalized spacial score (nSPS) is 31.3. The molecule has 2 bridgehead atoms. The van der Waals surface area contributed by atoms with Gasteiger partial charge in [-0.05, 0) is 42.2 Å². The van der Waals surface area contributed by atoms with E-state index < -0.39 is 12.6 Å². The summed E-state index contributed by atoms with van der Waals surface area (Å²) >= 11 is 0. The van der Waals surface area contributed by atoms with Crippen LogP contribution in [-0.2, 0) is 14.3 Å². The van der Waals surface area contributed by atoms with Crippen molar-refractivity contribution in [1.82, 2.24) is 0 Å². The summed E-state index contributed by atoms with van der Waals surface area (Å²) in [4.78, 5) is 53.1. The monoisotopic (exact) mass is 427 g/mol. The zero-order valence-corrected chi connectivity index (χ0v) is 17.2. The molecule has 5 aliphatic rings. The van der Waals surface area contributed by atoms with Crippen LogP contribution in [0.25, 0.3) is 0 Å². The lowest BCUT2D eigenvalue weighted by Crippen LogP contribution is -2.40. The van der Waals surface area contributed by atoms with Crippen LogP contribution in [0.2, 0.25) is 0 Å². The second-order valence-electron chi connectivity index (χ2n) is 9.05. The van der Waals surface area contributed by atoms with Gasteiger partial charge in [0.2, 0.25) is 11.8 Å². The molecule has 0 aromatic heterocycles. The fourth-order valence-corrected chi connectivity index (χ4v) is 5.95. The fraction of sp³-hybridized carbons (Fsp3) is 0.308. The Bertz CT molecular complexity index is 1150. The van der Waals surface area contributed by atoms with Crippen LogP contribution in [0.4, 0.5) is 5.69 Å². The second kappa shape index (κ2) is 6.99. The Morgan fingerprint density at radius 2 is 1.44 bits per heavy atom. The molecule has 1 saturated heterocycles. The van der Waals surface area contributed by atoms with Gasteiger partial charge in [0, 0.05) is 5.56 Å². The first-order valence-electron chi connectivity index (χ1n) is 11.0. The first kappa shape index (κ1) is 19.2. The first-order chi connectivity index (χ1) is 15.6. The maximum Gasteiger partial charge on any atom is 0.340 e. The van der Waals surface area contributed by atoms with Gasteiger partial charge >= 0.3 is 5.97 Å². The number of ketones is 1. The molecule has 0 unspecified atom stereocenters. The van der Waals surface area contributed by atoms with Crippen molar-refractivity contribution in [3.8, 4) is 0 Å². The Morgan fingerprint density at radius 1 is 0.844 bits per heavy atom. The second-order valence-corrected chi connectivity index (χ2v) is 9.05. The van der Waals surface area contributed by atoms with E-state index in [0.717, 1.165) is 6.42 Å². The first-order valence-corrected chi connectivity index (χ1v) is 11.0.